The van der Waals surface area contributed by atoms with Crippen LogP contribution in [0.2, 0.25) is 0 Å². The minimum Gasteiger partial charge on any atom is -0.342 e. The summed E-state index contributed by atoms with van der Waals surface area (Å²) in [6.07, 6.45) is -1.60. The van der Waals surface area contributed by atoms with Gasteiger partial charge in [0.15, 0.2) is 0 Å². The first-order chi connectivity index (χ1) is 20.4. The molecule has 2 saturated heterocycles. The third-order valence-corrected chi connectivity index (χ3v) is 9.69. The monoisotopic (exact) mass is 594 g/mol. The van der Waals surface area contributed by atoms with Crippen molar-refractivity contribution >= 4 is 40.1 Å². The predicted molar refractivity (Wildman–Crippen MR) is 147 cm³/mol. The number of piperidine rings is 2. The summed E-state index contributed by atoms with van der Waals surface area (Å²) >= 11 is 0. The maximum atomic E-state index is 13.5. The fourth-order valence-corrected chi connectivity index (χ4v) is 6.77. The number of rotatable bonds is 5. The number of carbonyl (C=O) groups is 4. The van der Waals surface area contributed by atoms with Gasteiger partial charge in [-0.2, -0.15) is 13.2 Å². The topological polar surface area (TPSA) is 118 Å². The third-order valence-electron chi connectivity index (χ3n) is 9.69. The van der Waals surface area contributed by atoms with E-state index in [0.29, 0.717) is 36.3 Å². The van der Waals surface area contributed by atoms with E-state index in [1.165, 1.54) is 9.80 Å². The molecule has 1 aliphatic carbocycles. The van der Waals surface area contributed by atoms with Gasteiger partial charge in [0.25, 0.3) is 5.91 Å². The number of carbonyl (C=O) groups excluding carboxylic acids is 4. The molecule has 2 aromatic carbocycles. The number of imide groups is 1. The van der Waals surface area contributed by atoms with E-state index in [1.807, 2.05) is 31.3 Å². The lowest BCUT2D eigenvalue weighted by Gasteiger charge is -2.39. The molecule has 3 aromatic rings. The number of aromatic nitrogens is 3. The summed E-state index contributed by atoms with van der Waals surface area (Å²) < 4.78 is 42.1. The molecule has 0 bridgehead atoms. The second-order valence-electron chi connectivity index (χ2n) is 12.3. The first-order valence-corrected chi connectivity index (χ1v) is 14.4. The molecule has 4 amide bonds. The van der Waals surface area contributed by atoms with E-state index in [2.05, 4.69) is 15.6 Å². The standard InChI is InChI=1S/C30H29F3N6O4/c1-28(11-13-37(14-12-28)27(43)29(9-10-29)30(31,32)33)22-16-38(36-35-22)15-17-5-6-20-24-18(17)3-2-4-19(24)26(42)39(20)21-7-8-23(40)34-25(21)41/h2-6,16,21H,7-15H2,1H3,(H,34,40,41). The first kappa shape index (κ1) is 27.5. The molecule has 7 rings (SSSR count). The zero-order valence-corrected chi connectivity index (χ0v) is 23.4. The van der Waals surface area contributed by atoms with Gasteiger partial charge in [-0.3, -0.25) is 29.4 Å². The van der Waals surface area contributed by atoms with Gasteiger partial charge in [0.05, 0.1) is 17.9 Å². The number of halogens is 3. The molecule has 1 N–H and O–H groups in total. The Morgan fingerprint density at radius 2 is 1.81 bits per heavy atom. The van der Waals surface area contributed by atoms with Gasteiger partial charge in [0, 0.05) is 42.1 Å². The van der Waals surface area contributed by atoms with E-state index >= 15 is 0 Å². The van der Waals surface area contributed by atoms with Gasteiger partial charge >= 0.3 is 6.18 Å². The Morgan fingerprint density at radius 3 is 2.49 bits per heavy atom. The maximum Gasteiger partial charge on any atom is 0.403 e. The smallest absolute Gasteiger partial charge is 0.342 e. The lowest BCUT2D eigenvalue weighted by molar-refractivity contribution is -0.199. The largest absolute Gasteiger partial charge is 0.403 e. The molecular weight excluding hydrogens is 565 g/mol. The van der Waals surface area contributed by atoms with Crippen LogP contribution in [0.15, 0.2) is 36.5 Å². The number of nitrogens with zero attached hydrogens (tertiary/aromatic N) is 5. The zero-order valence-electron chi connectivity index (χ0n) is 23.4. The van der Waals surface area contributed by atoms with Crippen LogP contribution in [0.25, 0.3) is 10.8 Å². The van der Waals surface area contributed by atoms with Crippen molar-refractivity contribution in [3.05, 3.63) is 53.3 Å². The van der Waals surface area contributed by atoms with Crippen molar-refractivity contribution < 1.29 is 32.3 Å². The highest BCUT2D eigenvalue weighted by Crippen LogP contribution is 2.59. The molecule has 1 unspecified atom stereocenters. The fourth-order valence-electron chi connectivity index (χ4n) is 6.77. The highest BCUT2D eigenvalue weighted by Gasteiger charge is 2.69. The van der Waals surface area contributed by atoms with Gasteiger partial charge in [0.2, 0.25) is 17.7 Å². The van der Waals surface area contributed by atoms with Crippen molar-refractivity contribution in [2.45, 2.75) is 69.6 Å². The zero-order chi connectivity index (χ0) is 30.3. The third kappa shape index (κ3) is 4.22. The Kier molecular flexibility index (Phi) is 5.99. The van der Waals surface area contributed by atoms with Gasteiger partial charge < -0.3 is 4.90 Å². The number of nitrogens with one attached hydrogen (secondary N) is 1. The second-order valence-corrected chi connectivity index (χ2v) is 12.3. The molecule has 1 saturated carbocycles. The van der Waals surface area contributed by atoms with Gasteiger partial charge in [0.1, 0.15) is 11.5 Å². The average Bonchev–Trinajstić information content (AvgIpc) is 3.59. The van der Waals surface area contributed by atoms with Crippen LogP contribution in [-0.2, 0) is 26.3 Å². The molecule has 4 heterocycles. The van der Waals surface area contributed by atoms with Gasteiger partial charge in [-0.15, -0.1) is 5.10 Å². The molecule has 0 radical (unpaired) electrons. The van der Waals surface area contributed by atoms with Gasteiger partial charge in [-0.05, 0) is 55.2 Å². The van der Waals surface area contributed by atoms with Crippen molar-refractivity contribution in [3.8, 4) is 0 Å². The van der Waals surface area contributed by atoms with E-state index in [0.717, 1.165) is 16.3 Å². The Balaban J connectivity index is 1.10. The van der Waals surface area contributed by atoms with Crippen molar-refractivity contribution in [3.63, 3.8) is 0 Å². The molecular formula is C30H29F3N6O4. The van der Waals surface area contributed by atoms with Crippen LogP contribution < -0.4 is 10.2 Å². The van der Waals surface area contributed by atoms with Crippen LogP contribution in [0.4, 0.5) is 18.9 Å². The summed E-state index contributed by atoms with van der Waals surface area (Å²) in [4.78, 5) is 53.2. The average molecular weight is 595 g/mol. The molecule has 13 heteroatoms. The van der Waals surface area contributed by atoms with Crippen LogP contribution in [0.5, 0.6) is 0 Å². The number of benzene rings is 2. The minimum atomic E-state index is -4.52. The highest BCUT2D eigenvalue weighted by molar-refractivity contribution is 6.27. The quantitative estimate of drug-likeness (QED) is 0.453. The van der Waals surface area contributed by atoms with Crippen LogP contribution in [0.3, 0.4) is 0 Å². The number of alkyl halides is 3. The Labute approximate surface area is 244 Å². The van der Waals surface area contributed by atoms with Crippen molar-refractivity contribution in [1.82, 2.24) is 25.2 Å². The van der Waals surface area contributed by atoms with E-state index in [4.69, 9.17) is 0 Å². The van der Waals surface area contributed by atoms with E-state index in [-0.39, 0.29) is 50.6 Å². The normalized spacial score (nSPS) is 22.7. The van der Waals surface area contributed by atoms with Crippen molar-refractivity contribution in [2.24, 2.45) is 5.41 Å². The lowest BCUT2D eigenvalue weighted by Crippen LogP contribution is -2.53. The van der Waals surface area contributed by atoms with Crippen molar-refractivity contribution in [2.75, 3.05) is 18.0 Å². The van der Waals surface area contributed by atoms with Gasteiger partial charge in [-0.1, -0.05) is 30.3 Å². The number of hydrogen-bond donors (Lipinski definition) is 1. The molecule has 10 nitrogen and oxygen atoms in total. The molecule has 43 heavy (non-hydrogen) atoms. The number of amides is 4. The molecule has 4 aliphatic rings. The van der Waals surface area contributed by atoms with Crippen LogP contribution in [-0.4, -0.2) is 68.8 Å². The molecule has 0 spiro atoms. The van der Waals surface area contributed by atoms with Crippen LogP contribution in [0, 0.1) is 5.41 Å². The number of anilines is 1. The summed E-state index contributed by atoms with van der Waals surface area (Å²) in [6.45, 7) is 2.81. The summed E-state index contributed by atoms with van der Waals surface area (Å²) in [6, 6.07) is 8.38. The fraction of sp³-hybridized carbons (Fsp3) is 0.467. The number of likely N-dealkylation sites (tertiary alicyclic amines) is 1. The molecule has 3 aliphatic heterocycles. The highest BCUT2D eigenvalue weighted by atomic mass is 19.4. The molecule has 3 fully saturated rings. The van der Waals surface area contributed by atoms with E-state index < -0.39 is 34.9 Å². The Hall–Kier alpha value is -4.29. The Bertz CT molecular complexity index is 1700. The molecule has 1 atom stereocenters. The van der Waals surface area contributed by atoms with Crippen LogP contribution >= 0.6 is 0 Å². The summed E-state index contributed by atoms with van der Waals surface area (Å²) in [7, 11) is 0. The van der Waals surface area contributed by atoms with Gasteiger partial charge in [-0.25, -0.2) is 4.68 Å². The summed E-state index contributed by atoms with van der Waals surface area (Å²) in [5.41, 5.74) is 0.0728. The van der Waals surface area contributed by atoms with Crippen LogP contribution in [0.1, 0.15) is 67.1 Å². The molecule has 224 valence electrons. The van der Waals surface area contributed by atoms with E-state index in [1.54, 1.807) is 16.8 Å². The molecule has 1 aromatic heterocycles. The SMILES string of the molecule is CC1(c2cn(Cc3ccc4c5c(cccc35)C(=O)N4C3CCC(=O)NC3=O)nn2)CCN(C(=O)C2(C(F)(F)F)CC2)CC1. The predicted octanol–water partition coefficient (Wildman–Crippen LogP) is 3.47. The Morgan fingerprint density at radius 1 is 1.07 bits per heavy atom. The maximum absolute atomic E-state index is 13.5. The summed E-state index contributed by atoms with van der Waals surface area (Å²) in [5.74, 6) is -1.93. The van der Waals surface area contributed by atoms with E-state index in [9.17, 15) is 32.3 Å². The first-order valence-electron chi connectivity index (χ1n) is 14.4. The minimum absolute atomic E-state index is 0.141. The van der Waals surface area contributed by atoms with Crippen molar-refractivity contribution in [1.29, 1.82) is 0 Å². The number of hydrogen-bond acceptors (Lipinski definition) is 6. The summed E-state index contributed by atoms with van der Waals surface area (Å²) in [5, 5.41) is 12.6. The lowest BCUT2D eigenvalue weighted by atomic mass is 9.77. The second kappa shape index (κ2) is 9.35.